The van der Waals surface area contributed by atoms with Gasteiger partial charge in [-0.1, -0.05) is 0 Å². The van der Waals surface area contributed by atoms with Crippen LogP contribution in [-0.4, -0.2) is 25.7 Å². The van der Waals surface area contributed by atoms with Gasteiger partial charge in [0.1, 0.15) is 35.5 Å². The maximum absolute atomic E-state index is 13.5. The summed E-state index contributed by atoms with van der Waals surface area (Å²) in [6.07, 6.45) is 4.07. The number of carbonyl (C=O) groups is 1. The van der Waals surface area contributed by atoms with Crippen molar-refractivity contribution in [1.82, 2.24) is 19.9 Å². The molecule has 3 aromatic heterocycles. The lowest BCUT2D eigenvalue weighted by molar-refractivity contribution is 0.0986. The van der Waals surface area contributed by atoms with Crippen molar-refractivity contribution in [1.29, 1.82) is 0 Å². The molecule has 0 saturated heterocycles. The van der Waals surface area contributed by atoms with Crippen LogP contribution in [0, 0.1) is 5.82 Å². The first kappa shape index (κ1) is 17.5. The van der Waals surface area contributed by atoms with E-state index in [-0.39, 0.29) is 29.3 Å². The number of nitrogens with zero attached hydrogens (tertiary/aromatic N) is 4. The molecule has 0 fully saturated rings. The number of alkyl halides is 1. The lowest BCUT2D eigenvalue weighted by Gasteiger charge is -2.08. The zero-order valence-electron chi connectivity index (χ0n) is 13.8. The zero-order chi connectivity index (χ0) is 18.5. The molecule has 0 aromatic carbocycles. The minimum atomic E-state index is -1.56. The Balaban J connectivity index is 1.76. The number of carbonyl (C=O) groups excluding carboxylic acids is 1. The summed E-state index contributed by atoms with van der Waals surface area (Å²) in [4.78, 5) is 28.0. The van der Waals surface area contributed by atoms with Gasteiger partial charge in [-0.05, 0) is 25.1 Å². The summed E-state index contributed by atoms with van der Waals surface area (Å²) >= 11 is 0. The van der Waals surface area contributed by atoms with E-state index in [0.29, 0.717) is 11.5 Å². The molecule has 1 atom stereocenters. The van der Waals surface area contributed by atoms with Crippen molar-refractivity contribution in [2.24, 2.45) is 0 Å². The largest absolute Gasteiger partial charge is 0.454 e. The number of hydrogen-bond acceptors (Lipinski definition) is 6. The number of halogens is 2. The van der Waals surface area contributed by atoms with Crippen molar-refractivity contribution in [2.45, 2.75) is 19.5 Å². The number of hydrogen-bond donors (Lipinski definition) is 0. The van der Waals surface area contributed by atoms with Crippen LogP contribution in [0.15, 0.2) is 49.2 Å². The van der Waals surface area contributed by atoms with Gasteiger partial charge < -0.3 is 4.74 Å². The molecule has 3 heterocycles. The lowest BCUT2D eigenvalue weighted by atomic mass is 10.1. The van der Waals surface area contributed by atoms with E-state index in [1.807, 2.05) is 0 Å². The Morgan fingerprint density at radius 1 is 1.19 bits per heavy atom. The lowest BCUT2D eigenvalue weighted by Crippen LogP contribution is -2.09. The summed E-state index contributed by atoms with van der Waals surface area (Å²) < 4.78 is 32.4. The molecule has 0 amide bonds. The summed E-state index contributed by atoms with van der Waals surface area (Å²) in [5.74, 6) is -0.284. The molecular weight excluding hydrogens is 342 g/mol. The van der Waals surface area contributed by atoms with Gasteiger partial charge in [0.25, 0.3) is 0 Å². The molecule has 0 bridgehead atoms. The van der Waals surface area contributed by atoms with Gasteiger partial charge in [0.15, 0.2) is 11.5 Å². The highest BCUT2D eigenvalue weighted by Gasteiger charge is 2.16. The van der Waals surface area contributed by atoms with E-state index in [4.69, 9.17) is 4.74 Å². The molecule has 3 rings (SSSR count). The van der Waals surface area contributed by atoms with Crippen LogP contribution in [0.5, 0.6) is 11.5 Å². The highest BCUT2D eigenvalue weighted by atomic mass is 19.1. The Hall–Kier alpha value is -3.29. The molecule has 0 aliphatic carbocycles. The maximum atomic E-state index is 13.5. The molecule has 132 valence electrons. The molecule has 0 spiro atoms. The third-order valence-electron chi connectivity index (χ3n) is 3.44. The average molecular weight is 356 g/mol. The van der Waals surface area contributed by atoms with Gasteiger partial charge in [-0.2, -0.15) is 0 Å². The second-order valence-electron chi connectivity index (χ2n) is 5.44. The Bertz CT molecular complexity index is 920. The van der Waals surface area contributed by atoms with Crippen molar-refractivity contribution in [3.05, 3.63) is 72.1 Å². The number of aromatic nitrogens is 4. The molecule has 3 aromatic rings. The standard InChI is InChI=1S/C18H14F2N4O2/c1-11(19)18-15(20)3-2-12(24-18)6-17(25)16-7-13(4-5-23-16)26-14-8-21-10-22-9-14/h2-5,7-11H,6H2,1H3. The molecule has 0 aliphatic rings. The highest BCUT2D eigenvalue weighted by Crippen LogP contribution is 2.21. The van der Waals surface area contributed by atoms with Crippen molar-refractivity contribution >= 4 is 5.78 Å². The predicted molar refractivity (Wildman–Crippen MR) is 88.1 cm³/mol. The second-order valence-corrected chi connectivity index (χ2v) is 5.44. The molecular formula is C18H14F2N4O2. The third-order valence-corrected chi connectivity index (χ3v) is 3.44. The smallest absolute Gasteiger partial charge is 0.187 e. The summed E-state index contributed by atoms with van der Waals surface area (Å²) in [5, 5.41) is 0. The molecule has 0 N–H and O–H groups in total. The number of ketones is 1. The number of rotatable bonds is 6. The summed E-state index contributed by atoms with van der Waals surface area (Å²) in [7, 11) is 0. The van der Waals surface area contributed by atoms with E-state index in [0.717, 1.165) is 6.07 Å². The van der Waals surface area contributed by atoms with Gasteiger partial charge in [-0.15, -0.1) is 0 Å². The summed E-state index contributed by atoms with van der Waals surface area (Å²) in [6.45, 7) is 1.19. The van der Waals surface area contributed by atoms with Crippen LogP contribution in [0.3, 0.4) is 0 Å². The number of ether oxygens (including phenoxy) is 1. The normalized spacial score (nSPS) is 11.8. The van der Waals surface area contributed by atoms with Crippen molar-refractivity contribution < 1.29 is 18.3 Å². The van der Waals surface area contributed by atoms with Gasteiger partial charge >= 0.3 is 0 Å². The minimum Gasteiger partial charge on any atom is -0.454 e. The fourth-order valence-electron chi connectivity index (χ4n) is 2.23. The van der Waals surface area contributed by atoms with Crippen molar-refractivity contribution in [2.75, 3.05) is 0 Å². The van der Waals surface area contributed by atoms with E-state index < -0.39 is 12.0 Å². The quantitative estimate of drug-likeness (QED) is 0.627. The predicted octanol–water partition coefficient (Wildman–Crippen LogP) is 3.65. The van der Waals surface area contributed by atoms with Crippen LogP contribution < -0.4 is 4.74 Å². The highest BCUT2D eigenvalue weighted by molar-refractivity contribution is 5.95. The van der Waals surface area contributed by atoms with Gasteiger partial charge in [-0.25, -0.2) is 18.7 Å². The fourth-order valence-corrected chi connectivity index (χ4v) is 2.23. The van der Waals surface area contributed by atoms with E-state index in [9.17, 15) is 13.6 Å². The summed E-state index contributed by atoms with van der Waals surface area (Å²) in [6, 6.07) is 5.50. The number of Topliss-reactive ketones (excluding diaryl/α,β-unsaturated/α-hetero) is 1. The first-order valence-electron chi connectivity index (χ1n) is 7.74. The number of pyridine rings is 2. The van der Waals surface area contributed by atoms with Crippen LogP contribution in [0.1, 0.15) is 35.0 Å². The van der Waals surface area contributed by atoms with Crippen LogP contribution >= 0.6 is 0 Å². The Morgan fingerprint density at radius 3 is 2.69 bits per heavy atom. The Kier molecular flexibility index (Phi) is 5.21. The summed E-state index contributed by atoms with van der Waals surface area (Å²) in [5.41, 5.74) is 0.102. The molecule has 1 unspecified atom stereocenters. The first-order valence-corrected chi connectivity index (χ1v) is 7.74. The molecule has 0 aliphatic heterocycles. The minimum absolute atomic E-state index is 0.134. The van der Waals surface area contributed by atoms with Crippen molar-refractivity contribution in [3.8, 4) is 11.5 Å². The van der Waals surface area contributed by atoms with E-state index in [1.165, 1.54) is 44.0 Å². The SMILES string of the molecule is CC(F)c1nc(CC(=O)c2cc(Oc3cncnc3)ccn2)ccc1F. The van der Waals surface area contributed by atoms with Gasteiger partial charge in [0.05, 0.1) is 18.8 Å². The monoisotopic (exact) mass is 356 g/mol. The van der Waals surface area contributed by atoms with Crippen molar-refractivity contribution in [3.63, 3.8) is 0 Å². The second kappa shape index (κ2) is 7.73. The zero-order valence-corrected chi connectivity index (χ0v) is 13.8. The average Bonchev–Trinajstić information content (AvgIpc) is 2.64. The van der Waals surface area contributed by atoms with E-state index in [1.54, 1.807) is 6.07 Å². The van der Waals surface area contributed by atoms with Crippen LogP contribution in [0.25, 0.3) is 0 Å². The maximum Gasteiger partial charge on any atom is 0.187 e. The molecule has 26 heavy (non-hydrogen) atoms. The van der Waals surface area contributed by atoms with Crippen LogP contribution in [0.4, 0.5) is 8.78 Å². The third kappa shape index (κ3) is 4.21. The van der Waals surface area contributed by atoms with E-state index in [2.05, 4.69) is 19.9 Å². The van der Waals surface area contributed by atoms with E-state index >= 15 is 0 Å². The molecule has 0 radical (unpaired) electrons. The Morgan fingerprint density at radius 2 is 1.96 bits per heavy atom. The van der Waals surface area contributed by atoms with Gasteiger partial charge in [0, 0.05) is 18.0 Å². The fraction of sp³-hybridized carbons (Fsp3) is 0.167. The molecule has 6 nitrogen and oxygen atoms in total. The topological polar surface area (TPSA) is 77.9 Å². The van der Waals surface area contributed by atoms with Gasteiger partial charge in [-0.3, -0.25) is 14.8 Å². The van der Waals surface area contributed by atoms with Crippen LogP contribution in [0.2, 0.25) is 0 Å². The molecule has 0 saturated carbocycles. The Labute approximate surface area is 147 Å². The molecule has 8 heteroatoms. The van der Waals surface area contributed by atoms with Crippen LogP contribution in [-0.2, 0) is 6.42 Å². The first-order chi connectivity index (χ1) is 12.5. The van der Waals surface area contributed by atoms with Gasteiger partial charge in [0.2, 0.25) is 0 Å².